The molecule has 1 aromatic carbocycles. The van der Waals surface area contributed by atoms with E-state index < -0.39 is 5.82 Å². The number of hydrogen-bond acceptors (Lipinski definition) is 3. The van der Waals surface area contributed by atoms with Crippen LogP contribution in [0, 0.1) is 17.7 Å². The van der Waals surface area contributed by atoms with Crippen molar-refractivity contribution in [3.63, 3.8) is 0 Å². The minimum atomic E-state index is -0.396. The molecule has 3 nitrogen and oxygen atoms in total. The highest BCUT2D eigenvalue weighted by molar-refractivity contribution is 6.00. The number of Topliss-reactive ketones (excluding diaryl/α,β-unsaturated/α-hetero) is 1. The molecular formula is C16H20FNO2. The number of ketones is 1. The first-order valence-corrected chi connectivity index (χ1v) is 7.26. The number of carbonyl (C=O) groups excluding carboxylic acids is 1. The molecule has 1 aliphatic carbocycles. The van der Waals surface area contributed by atoms with Gasteiger partial charge in [-0.05, 0) is 42.9 Å². The molecule has 4 heteroatoms. The number of fused-ring (bicyclic) bond motifs is 1. The van der Waals surface area contributed by atoms with E-state index in [1.807, 2.05) is 0 Å². The minimum Gasteiger partial charge on any atom is -0.496 e. The summed E-state index contributed by atoms with van der Waals surface area (Å²) in [5, 5.41) is 0. The van der Waals surface area contributed by atoms with Gasteiger partial charge < -0.3 is 4.74 Å². The van der Waals surface area contributed by atoms with Crippen LogP contribution in [0.2, 0.25) is 0 Å². The van der Waals surface area contributed by atoms with Crippen LogP contribution in [0.3, 0.4) is 0 Å². The van der Waals surface area contributed by atoms with Gasteiger partial charge in [0, 0.05) is 13.1 Å². The van der Waals surface area contributed by atoms with Crippen molar-refractivity contribution >= 4 is 5.78 Å². The molecule has 1 aromatic rings. The summed E-state index contributed by atoms with van der Waals surface area (Å²) in [7, 11) is 1.50. The maximum atomic E-state index is 13.3. The first-order valence-electron chi connectivity index (χ1n) is 7.26. The number of halogens is 1. The van der Waals surface area contributed by atoms with Crippen LogP contribution >= 0.6 is 0 Å². The first kappa shape index (κ1) is 13.6. The SMILES string of the molecule is COc1ccc(F)cc1C(=O)CN1CC2CCCC2C1. The molecule has 0 N–H and O–H groups in total. The van der Waals surface area contributed by atoms with Gasteiger partial charge in [0.2, 0.25) is 0 Å². The van der Waals surface area contributed by atoms with Crippen molar-refractivity contribution in [3.05, 3.63) is 29.6 Å². The van der Waals surface area contributed by atoms with Crippen LogP contribution in [0.1, 0.15) is 29.6 Å². The van der Waals surface area contributed by atoms with Crippen molar-refractivity contribution in [1.29, 1.82) is 0 Å². The van der Waals surface area contributed by atoms with Gasteiger partial charge in [-0.15, -0.1) is 0 Å². The van der Waals surface area contributed by atoms with Crippen LogP contribution in [0.25, 0.3) is 0 Å². The molecular weight excluding hydrogens is 257 g/mol. The van der Waals surface area contributed by atoms with E-state index in [1.54, 1.807) is 0 Å². The zero-order valence-corrected chi connectivity index (χ0v) is 11.8. The smallest absolute Gasteiger partial charge is 0.180 e. The summed E-state index contributed by atoms with van der Waals surface area (Å²) in [6, 6.07) is 4.11. The zero-order valence-electron chi connectivity index (χ0n) is 11.8. The van der Waals surface area contributed by atoms with Crippen molar-refractivity contribution in [2.24, 2.45) is 11.8 Å². The number of ether oxygens (including phenoxy) is 1. The van der Waals surface area contributed by atoms with Gasteiger partial charge in [-0.3, -0.25) is 9.69 Å². The number of methoxy groups -OCH3 is 1. The highest BCUT2D eigenvalue weighted by Crippen LogP contribution is 2.37. The molecule has 20 heavy (non-hydrogen) atoms. The van der Waals surface area contributed by atoms with Crippen LogP contribution < -0.4 is 4.74 Å². The Morgan fingerprint density at radius 2 is 2.05 bits per heavy atom. The highest BCUT2D eigenvalue weighted by atomic mass is 19.1. The van der Waals surface area contributed by atoms with Crippen LogP contribution in [0.4, 0.5) is 4.39 Å². The lowest BCUT2D eigenvalue weighted by Crippen LogP contribution is -2.28. The average molecular weight is 277 g/mol. The molecule has 0 aromatic heterocycles. The van der Waals surface area contributed by atoms with Crippen LogP contribution in [0.5, 0.6) is 5.75 Å². The van der Waals surface area contributed by atoms with Crippen molar-refractivity contribution in [1.82, 2.24) is 4.90 Å². The second-order valence-electron chi connectivity index (χ2n) is 5.91. The minimum absolute atomic E-state index is 0.0543. The van der Waals surface area contributed by atoms with Crippen molar-refractivity contribution in [3.8, 4) is 5.75 Å². The normalized spacial score (nSPS) is 25.7. The average Bonchev–Trinajstić information content (AvgIpc) is 2.99. The topological polar surface area (TPSA) is 29.5 Å². The van der Waals surface area contributed by atoms with E-state index in [0.29, 0.717) is 17.9 Å². The molecule has 1 aliphatic heterocycles. The molecule has 0 bridgehead atoms. The van der Waals surface area contributed by atoms with E-state index in [9.17, 15) is 9.18 Å². The molecule has 2 unspecified atom stereocenters. The van der Waals surface area contributed by atoms with E-state index in [4.69, 9.17) is 4.74 Å². The molecule has 2 aliphatic rings. The Morgan fingerprint density at radius 3 is 2.70 bits per heavy atom. The molecule has 0 radical (unpaired) electrons. The van der Waals surface area contributed by atoms with Crippen LogP contribution in [-0.4, -0.2) is 37.4 Å². The summed E-state index contributed by atoms with van der Waals surface area (Å²) >= 11 is 0. The fourth-order valence-electron chi connectivity index (χ4n) is 3.65. The molecule has 1 heterocycles. The van der Waals surface area contributed by atoms with Gasteiger partial charge in [0.1, 0.15) is 11.6 Å². The van der Waals surface area contributed by atoms with Crippen molar-refractivity contribution < 1.29 is 13.9 Å². The number of nitrogens with zero attached hydrogens (tertiary/aromatic N) is 1. The third kappa shape index (κ3) is 2.57. The summed E-state index contributed by atoms with van der Waals surface area (Å²) in [6.45, 7) is 2.38. The number of rotatable bonds is 4. The van der Waals surface area contributed by atoms with Gasteiger partial charge >= 0.3 is 0 Å². The Bertz CT molecular complexity index is 505. The van der Waals surface area contributed by atoms with Crippen molar-refractivity contribution in [2.75, 3.05) is 26.7 Å². The number of hydrogen-bond donors (Lipinski definition) is 0. The number of likely N-dealkylation sites (tertiary alicyclic amines) is 1. The maximum Gasteiger partial charge on any atom is 0.180 e. The van der Waals surface area contributed by atoms with E-state index in [-0.39, 0.29) is 5.78 Å². The molecule has 0 spiro atoms. The third-order valence-electron chi connectivity index (χ3n) is 4.63. The Kier molecular flexibility index (Phi) is 3.74. The first-order chi connectivity index (χ1) is 9.67. The van der Waals surface area contributed by atoms with E-state index >= 15 is 0 Å². The molecule has 1 saturated carbocycles. The Morgan fingerprint density at radius 1 is 1.35 bits per heavy atom. The molecule has 2 atom stereocenters. The fraction of sp³-hybridized carbons (Fsp3) is 0.562. The van der Waals surface area contributed by atoms with Gasteiger partial charge in [0.15, 0.2) is 5.78 Å². The molecule has 1 saturated heterocycles. The van der Waals surface area contributed by atoms with Crippen LogP contribution in [0.15, 0.2) is 18.2 Å². The summed E-state index contributed by atoms with van der Waals surface area (Å²) in [4.78, 5) is 14.6. The number of carbonyl (C=O) groups is 1. The fourth-order valence-corrected chi connectivity index (χ4v) is 3.65. The van der Waals surface area contributed by atoms with Gasteiger partial charge in [0.05, 0.1) is 19.2 Å². The second-order valence-corrected chi connectivity index (χ2v) is 5.91. The lowest BCUT2D eigenvalue weighted by Gasteiger charge is -2.16. The quantitative estimate of drug-likeness (QED) is 0.793. The van der Waals surface area contributed by atoms with Gasteiger partial charge in [-0.2, -0.15) is 0 Å². The van der Waals surface area contributed by atoms with E-state index in [2.05, 4.69) is 4.90 Å². The maximum absolute atomic E-state index is 13.3. The predicted octanol–water partition coefficient (Wildman–Crippen LogP) is 2.75. The van der Waals surface area contributed by atoms with Crippen LogP contribution in [-0.2, 0) is 0 Å². The Hall–Kier alpha value is -1.42. The lowest BCUT2D eigenvalue weighted by molar-refractivity contribution is 0.0937. The monoisotopic (exact) mass is 277 g/mol. The molecule has 2 fully saturated rings. The van der Waals surface area contributed by atoms with Gasteiger partial charge in [0.25, 0.3) is 0 Å². The zero-order chi connectivity index (χ0) is 14.1. The Labute approximate surface area is 118 Å². The largest absolute Gasteiger partial charge is 0.496 e. The van der Waals surface area contributed by atoms with E-state index in [1.165, 1.54) is 44.6 Å². The molecule has 3 rings (SSSR count). The predicted molar refractivity (Wildman–Crippen MR) is 74.6 cm³/mol. The standard InChI is InChI=1S/C16H20FNO2/c1-20-16-6-5-13(17)7-14(16)15(19)10-18-8-11-3-2-4-12(11)9-18/h5-7,11-12H,2-4,8-10H2,1H3. The third-order valence-corrected chi connectivity index (χ3v) is 4.63. The van der Waals surface area contributed by atoms with Gasteiger partial charge in [-0.25, -0.2) is 4.39 Å². The summed E-state index contributed by atoms with van der Waals surface area (Å²) in [5.41, 5.74) is 0.351. The molecule has 108 valence electrons. The highest BCUT2D eigenvalue weighted by Gasteiger charge is 2.36. The second kappa shape index (κ2) is 5.52. The Balaban J connectivity index is 1.69. The van der Waals surface area contributed by atoms with Gasteiger partial charge in [-0.1, -0.05) is 6.42 Å². The number of benzene rings is 1. The summed E-state index contributed by atoms with van der Waals surface area (Å²) in [5.74, 6) is 1.53. The summed E-state index contributed by atoms with van der Waals surface area (Å²) < 4.78 is 18.5. The lowest BCUT2D eigenvalue weighted by atomic mass is 10.0. The van der Waals surface area contributed by atoms with Crippen molar-refractivity contribution in [2.45, 2.75) is 19.3 Å². The molecule has 0 amide bonds. The van der Waals surface area contributed by atoms with E-state index in [0.717, 1.165) is 24.9 Å². The summed E-state index contributed by atoms with van der Waals surface area (Å²) in [6.07, 6.45) is 3.91.